The predicted octanol–water partition coefficient (Wildman–Crippen LogP) is 3.02. The number of methoxy groups -OCH3 is 1. The van der Waals surface area contributed by atoms with Gasteiger partial charge in [-0.2, -0.15) is 4.98 Å². The molecule has 0 N–H and O–H groups in total. The van der Waals surface area contributed by atoms with Crippen LogP contribution in [0.2, 0.25) is 0 Å². The third-order valence-corrected chi connectivity index (χ3v) is 4.64. The summed E-state index contributed by atoms with van der Waals surface area (Å²) in [6, 6.07) is 16.8. The summed E-state index contributed by atoms with van der Waals surface area (Å²) in [6.45, 7) is -0.0264. The molecule has 0 bridgehead atoms. The molecule has 2 atom stereocenters. The molecule has 1 aromatic heterocycles. The van der Waals surface area contributed by atoms with Gasteiger partial charge in [-0.15, -0.1) is 0 Å². The number of amides is 1. The summed E-state index contributed by atoms with van der Waals surface area (Å²) in [5, 5.41) is 4.08. The zero-order valence-corrected chi connectivity index (χ0v) is 15.0. The average molecular weight is 365 g/mol. The van der Waals surface area contributed by atoms with Gasteiger partial charge in [-0.3, -0.25) is 4.79 Å². The minimum absolute atomic E-state index is 0.0264. The fourth-order valence-corrected chi connectivity index (χ4v) is 3.20. The Morgan fingerprint density at radius 3 is 2.74 bits per heavy atom. The van der Waals surface area contributed by atoms with Crippen LogP contribution in [0.25, 0.3) is 11.4 Å². The molecule has 1 amide bonds. The van der Waals surface area contributed by atoms with E-state index >= 15 is 0 Å². The molecule has 0 spiro atoms. The number of hydrogen-bond donors (Lipinski definition) is 0. The average Bonchev–Trinajstić information content (AvgIpc) is 3.20. The molecule has 3 aromatic rings. The Balaban J connectivity index is 1.69. The van der Waals surface area contributed by atoms with Gasteiger partial charge in [-0.1, -0.05) is 47.6 Å². The van der Waals surface area contributed by atoms with E-state index in [2.05, 4.69) is 10.1 Å². The van der Waals surface area contributed by atoms with Gasteiger partial charge in [0.25, 0.3) is 5.89 Å². The topological polar surface area (TPSA) is 77.7 Å². The lowest BCUT2D eigenvalue weighted by Gasteiger charge is -2.37. The van der Waals surface area contributed by atoms with Crippen molar-refractivity contribution >= 4 is 5.91 Å². The van der Waals surface area contributed by atoms with E-state index in [0.717, 1.165) is 11.1 Å². The quantitative estimate of drug-likeness (QED) is 0.707. The van der Waals surface area contributed by atoms with E-state index in [4.69, 9.17) is 14.0 Å². The van der Waals surface area contributed by atoms with Crippen molar-refractivity contribution in [3.05, 3.63) is 66.1 Å². The number of carbonyl (C=O) groups excluding carboxylic acids is 1. The normalized spacial score (nSPS) is 19.9. The molecule has 2 heterocycles. The van der Waals surface area contributed by atoms with Crippen LogP contribution in [0.5, 0.6) is 5.75 Å². The van der Waals surface area contributed by atoms with Gasteiger partial charge in [-0.25, -0.2) is 0 Å². The second-order valence-corrected chi connectivity index (χ2v) is 6.28. The first-order valence-electron chi connectivity index (χ1n) is 8.57. The van der Waals surface area contributed by atoms with Gasteiger partial charge < -0.3 is 18.9 Å². The molecule has 2 aromatic carbocycles. The maximum Gasteiger partial charge on any atom is 0.258 e. The summed E-state index contributed by atoms with van der Waals surface area (Å²) in [5.41, 5.74) is 1.72. The van der Waals surface area contributed by atoms with Crippen molar-refractivity contribution in [1.82, 2.24) is 15.0 Å². The number of carbonyl (C=O) groups is 1. The highest BCUT2D eigenvalue weighted by Crippen LogP contribution is 2.39. The fourth-order valence-electron chi connectivity index (χ4n) is 3.20. The minimum Gasteiger partial charge on any atom is -0.497 e. The zero-order valence-electron chi connectivity index (χ0n) is 15.0. The number of morpholine rings is 1. The molecular weight excluding hydrogens is 346 g/mol. The molecular formula is C20H19N3O4. The third kappa shape index (κ3) is 3.29. The van der Waals surface area contributed by atoms with Crippen LogP contribution in [-0.2, 0) is 9.53 Å². The molecule has 138 valence electrons. The highest BCUT2D eigenvalue weighted by Gasteiger charge is 2.40. The Morgan fingerprint density at radius 2 is 1.96 bits per heavy atom. The molecule has 1 aliphatic heterocycles. The molecule has 0 radical (unpaired) electrons. The summed E-state index contributed by atoms with van der Waals surface area (Å²) >= 11 is 0. The highest BCUT2D eigenvalue weighted by atomic mass is 16.5. The lowest BCUT2D eigenvalue weighted by molar-refractivity contribution is -0.157. The van der Waals surface area contributed by atoms with Crippen LogP contribution in [0, 0.1) is 0 Å². The van der Waals surface area contributed by atoms with Gasteiger partial charge in [0.2, 0.25) is 11.7 Å². The van der Waals surface area contributed by atoms with Crippen molar-refractivity contribution in [2.75, 3.05) is 20.8 Å². The van der Waals surface area contributed by atoms with Crippen molar-refractivity contribution in [3.8, 4) is 17.1 Å². The van der Waals surface area contributed by atoms with E-state index < -0.39 is 6.10 Å². The fraction of sp³-hybridized carbons (Fsp3) is 0.250. The number of ether oxygens (including phenoxy) is 2. The Hall–Kier alpha value is -3.19. The second-order valence-electron chi connectivity index (χ2n) is 6.28. The minimum atomic E-state index is -0.540. The molecule has 1 fully saturated rings. The third-order valence-electron chi connectivity index (χ3n) is 4.64. The summed E-state index contributed by atoms with van der Waals surface area (Å²) in [6.07, 6.45) is -0.540. The molecule has 0 unspecified atom stereocenters. The maximum absolute atomic E-state index is 12.2. The molecule has 0 aliphatic carbocycles. The molecule has 1 saturated heterocycles. The van der Waals surface area contributed by atoms with Crippen molar-refractivity contribution in [2.45, 2.75) is 12.1 Å². The molecule has 0 saturated carbocycles. The SMILES string of the molecule is COc1cccc(-c2noc([C@@H]3OCC(=O)N(C)[C@H]3c3ccccc3)n2)c1. The van der Waals surface area contributed by atoms with Crippen molar-refractivity contribution in [1.29, 1.82) is 0 Å². The van der Waals surface area contributed by atoms with E-state index in [1.165, 1.54) is 0 Å². The van der Waals surface area contributed by atoms with Gasteiger partial charge >= 0.3 is 0 Å². The first kappa shape index (κ1) is 17.2. The van der Waals surface area contributed by atoms with Gasteiger partial charge in [-0.05, 0) is 17.7 Å². The van der Waals surface area contributed by atoms with Crippen LogP contribution >= 0.6 is 0 Å². The number of hydrogen-bond acceptors (Lipinski definition) is 6. The summed E-state index contributed by atoms with van der Waals surface area (Å²) < 4.78 is 16.5. The maximum atomic E-state index is 12.2. The highest BCUT2D eigenvalue weighted by molar-refractivity contribution is 5.78. The first-order chi connectivity index (χ1) is 13.2. The van der Waals surface area contributed by atoms with Crippen molar-refractivity contribution in [2.24, 2.45) is 0 Å². The Labute approximate surface area is 156 Å². The standard InChI is InChI=1S/C20H19N3O4/c1-23-16(24)12-26-18(17(23)13-7-4-3-5-8-13)20-21-19(22-27-20)14-9-6-10-15(11-14)25-2/h3-11,17-18H,12H2,1-2H3/t17-,18+/m0/s1. The van der Waals surface area contributed by atoms with Crippen LogP contribution in [0.3, 0.4) is 0 Å². The van der Waals surface area contributed by atoms with Crippen molar-refractivity contribution in [3.63, 3.8) is 0 Å². The number of likely N-dealkylation sites (N-methyl/N-ethyl adjacent to an activating group) is 1. The van der Waals surface area contributed by atoms with Crippen LogP contribution < -0.4 is 4.74 Å². The van der Waals surface area contributed by atoms with E-state index in [1.807, 2.05) is 54.6 Å². The predicted molar refractivity (Wildman–Crippen MR) is 96.9 cm³/mol. The lowest BCUT2D eigenvalue weighted by Crippen LogP contribution is -2.43. The molecule has 1 aliphatic rings. The van der Waals surface area contributed by atoms with Gasteiger partial charge in [0.15, 0.2) is 6.10 Å². The molecule has 4 rings (SSSR count). The van der Waals surface area contributed by atoms with Gasteiger partial charge in [0.1, 0.15) is 12.4 Å². The van der Waals surface area contributed by atoms with Crippen LogP contribution in [0.15, 0.2) is 59.1 Å². The summed E-state index contributed by atoms with van der Waals surface area (Å²) in [7, 11) is 3.36. The summed E-state index contributed by atoms with van der Waals surface area (Å²) in [5.74, 6) is 1.40. The van der Waals surface area contributed by atoms with E-state index in [-0.39, 0.29) is 18.6 Å². The van der Waals surface area contributed by atoms with Crippen molar-refractivity contribution < 1.29 is 18.8 Å². The van der Waals surface area contributed by atoms with Crippen LogP contribution in [0.4, 0.5) is 0 Å². The molecule has 7 nitrogen and oxygen atoms in total. The smallest absolute Gasteiger partial charge is 0.258 e. The second kappa shape index (κ2) is 7.20. The van der Waals surface area contributed by atoms with Gasteiger partial charge in [0.05, 0.1) is 13.2 Å². The van der Waals surface area contributed by atoms with Crippen LogP contribution in [-0.4, -0.2) is 41.7 Å². The van der Waals surface area contributed by atoms with E-state index in [9.17, 15) is 4.79 Å². The number of benzene rings is 2. The van der Waals surface area contributed by atoms with E-state index in [0.29, 0.717) is 17.5 Å². The Bertz CT molecular complexity index is 941. The lowest BCUT2D eigenvalue weighted by atomic mass is 9.98. The number of aromatic nitrogens is 2. The Kier molecular flexibility index (Phi) is 4.60. The summed E-state index contributed by atoms with van der Waals surface area (Å²) in [4.78, 5) is 18.4. The zero-order chi connectivity index (χ0) is 18.8. The number of nitrogens with zero attached hydrogens (tertiary/aromatic N) is 3. The molecule has 27 heavy (non-hydrogen) atoms. The van der Waals surface area contributed by atoms with Crippen LogP contribution in [0.1, 0.15) is 23.6 Å². The van der Waals surface area contributed by atoms with E-state index in [1.54, 1.807) is 19.1 Å². The van der Waals surface area contributed by atoms with Gasteiger partial charge in [0, 0.05) is 12.6 Å². The number of rotatable bonds is 4. The largest absolute Gasteiger partial charge is 0.497 e. The molecule has 7 heteroatoms. The first-order valence-corrected chi connectivity index (χ1v) is 8.57. The monoisotopic (exact) mass is 365 g/mol. The Morgan fingerprint density at radius 1 is 1.15 bits per heavy atom.